The summed E-state index contributed by atoms with van der Waals surface area (Å²) < 4.78 is 10.7. The second-order valence-electron chi connectivity index (χ2n) is 9.80. The molecular formula is C27H34Cl2N2O4. The minimum atomic E-state index is -0.536. The molecule has 0 spiro atoms. The summed E-state index contributed by atoms with van der Waals surface area (Å²) >= 11 is 12.4. The van der Waals surface area contributed by atoms with Crippen LogP contribution in [0.5, 0.6) is 5.75 Å². The first-order valence-electron chi connectivity index (χ1n) is 11.9. The molecule has 6 nitrogen and oxygen atoms in total. The van der Waals surface area contributed by atoms with E-state index in [1.54, 1.807) is 18.1 Å². The minimum Gasteiger partial charge on any atom is -0.497 e. The third kappa shape index (κ3) is 8.04. The van der Waals surface area contributed by atoms with Gasteiger partial charge < -0.3 is 19.3 Å². The summed E-state index contributed by atoms with van der Waals surface area (Å²) in [4.78, 5) is 29.6. The van der Waals surface area contributed by atoms with Gasteiger partial charge in [0.1, 0.15) is 11.4 Å². The molecule has 0 aromatic heterocycles. The van der Waals surface area contributed by atoms with Crippen LogP contribution < -0.4 is 4.74 Å². The van der Waals surface area contributed by atoms with Crippen LogP contribution in [0.2, 0.25) is 10.0 Å². The van der Waals surface area contributed by atoms with Gasteiger partial charge in [0.25, 0.3) is 0 Å². The number of carbonyl (C=O) groups is 2. The number of carbonyl (C=O) groups excluding carboxylic acids is 2. The van der Waals surface area contributed by atoms with Crippen molar-refractivity contribution in [1.29, 1.82) is 0 Å². The molecule has 0 aliphatic carbocycles. The normalized spacial score (nSPS) is 14.5. The van der Waals surface area contributed by atoms with Gasteiger partial charge in [-0.1, -0.05) is 41.4 Å². The van der Waals surface area contributed by atoms with Crippen molar-refractivity contribution in [2.45, 2.75) is 58.1 Å². The molecule has 1 heterocycles. The third-order valence-electron chi connectivity index (χ3n) is 6.03. The van der Waals surface area contributed by atoms with Crippen molar-refractivity contribution < 1.29 is 19.1 Å². The first-order chi connectivity index (χ1) is 16.6. The molecular weight excluding hydrogens is 487 g/mol. The summed E-state index contributed by atoms with van der Waals surface area (Å²) in [5, 5.41) is 1.18. The van der Waals surface area contributed by atoms with E-state index in [9.17, 15) is 9.59 Å². The number of rotatable bonds is 7. The fraction of sp³-hybridized carbons (Fsp3) is 0.481. The van der Waals surface area contributed by atoms with Crippen LogP contribution >= 0.6 is 23.2 Å². The Kier molecular flexibility index (Phi) is 9.31. The van der Waals surface area contributed by atoms with Crippen molar-refractivity contribution in [2.24, 2.45) is 0 Å². The van der Waals surface area contributed by atoms with Crippen LogP contribution in [0.4, 0.5) is 4.79 Å². The Labute approximate surface area is 218 Å². The summed E-state index contributed by atoms with van der Waals surface area (Å²) in [6.07, 6.45) is 2.01. The number of hydrogen-bond donors (Lipinski definition) is 0. The SMILES string of the molecule is COc1ccc(CC(=O)N(CCc2ccc(Cl)cc2Cl)C2CCN(C(=O)OC(C)(C)C)CC2)cc1. The molecule has 1 aliphatic heterocycles. The quantitative estimate of drug-likeness (QED) is 0.448. The van der Waals surface area contributed by atoms with Crippen molar-refractivity contribution >= 4 is 35.2 Å². The summed E-state index contributed by atoms with van der Waals surface area (Å²) in [5.74, 6) is 0.806. The van der Waals surface area contributed by atoms with Crippen molar-refractivity contribution in [3.63, 3.8) is 0 Å². The van der Waals surface area contributed by atoms with Gasteiger partial charge in [-0.2, -0.15) is 0 Å². The van der Waals surface area contributed by atoms with Gasteiger partial charge >= 0.3 is 6.09 Å². The summed E-state index contributed by atoms with van der Waals surface area (Å²) in [6.45, 7) is 7.21. The standard InChI is InChI=1S/C27H34Cl2N2O4/c1-27(2,3)35-26(33)30-14-12-22(13-15-30)31(16-11-20-7-8-21(28)18-24(20)29)25(32)17-19-5-9-23(34-4)10-6-19/h5-10,18,22H,11-17H2,1-4H3. The highest BCUT2D eigenvalue weighted by Gasteiger charge is 2.31. The zero-order chi connectivity index (χ0) is 25.6. The van der Waals surface area contributed by atoms with E-state index >= 15 is 0 Å². The minimum absolute atomic E-state index is 0.0329. The lowest BCUT2D eigenvalue weighted by atomic mass is 10.0. The van der Waals surface area contributed by atoms with Crippen LogP contribution in [0.1, 0.15) is 44.7 Å². The Hall–Kier alpha value is -2.44. The van der Waals surface area contributed by atoms with Crippen molar-refractivity contribution in [3.05, 3.63) is 63.6 Å². The Morgan fingerprint density at radius 3 is 2.29 bits per heavy atom. The van der Waals surface area contributed by atoms with Crippen LogP contribution in [0.25, 0.3) is 0 Å². The smallest absolute Gasteiger partial charge is 0.410 e. The van der Waals surface area contributed by atoms with Crippen molar-refractivity contribution in [3.8, 4) is 5.75 Å². The monoisotopic (exact) mass is 520 g/mol. The zero-order valence-electron chi connectivity index (χ0n) is 20.9. The van der Waals surface area contributed by atoms with Crippen molar-refractivity contribution in [1.82, 2.24) is 9.80 Å². The van der Waals surface area contributed by atoms with Gasteiger partial charge in [0.05, 0.1) is 13.5 Å². The van der Waals surface area contributed by atoms with E-state index in [1.807, 2.05) is 62.1 Å². The molecule has 0 N–H and O–H groups in total. The Bertz CT molecular complexity index is 1010. The number of amides is 2. The zero-order valence-corrected chi connectivity index (χ0v) is 22.4. The highest BCUT2D eigenvalue weighted by Crippen LogP contribution is 2.24. The van der Waals surface area contributed by atoms with Gasteiger partial charge in [0, 0.05) is 35.7 Å². The number of halogens is 2. The summed E-state index contributed by atoms with van der Waals surface area (Å²) in [5.41, 5.74) is 1.34. The fourth-order valence-electron chi connectivity index (χ4n) is 4.18. The number of nitrogens with zero attached hydrogens (tertiary/aromatic N) is 2. The largest absolute Gasteiger partial charge is 0.497 e. The lowest BCUT2D eigenvalue weighted by Crippen LogP contribution is -2.50. The number of methoxy groups -OCH3 is 1. The lowest BCUT2D eigenvalue weighted by Gasteiger charge is -2.39. The van der Waals surface area contributed by atoms with Gasteiger partial charge in [-0.05, 0) is 75.4 Å². The van der Waals surface area contributed by atoms with E-state index in [0.29, 0.717) is 55.4 Å². The maximum atomic E-state index is 13.5. The van der Waals surface area contributed by atoms with Crippen LogP contribution in [0.15, 0.2) is 42.5 Å². The van der Waals surface area contributed by atoms with Crippen molar-refractivity contribution in [2.75, 3.05) is 26.7 Å². The maximum Gasteiger partial charge on any atom is 0.410 e. The summed E-state index contributed by atoms with van der Waals surface area (Å²) in [6, 6.07) is 13.0. The highest BCUT2D eigenvalue weighted by molar-refractivity contribution is 6.35. The highest BCUT2D eigenvalue weighted by atomic mass is 35.5. The van der Waals surface area contributed by atoms with E-state index in [0.717, 1.165) is 16.9 Å². The van der Waals surface area contributed by atoms with Crippen LogP contribution in [-0.2, 0) is 22.4 Å². The molecule has 2 aromatic carbocycles. The van der Waals surface area contributed by atoms with E-state index in [1.165, 1.54) is 0 Å². The van der Waals surface area contributed by atoms with Crippen LogP contribution in [0.3, 0.4) is 0 Å². The number of hydrogen-bond acceptors (Lipinski definition) is 4. The first kappa shape index (κ1) is 27.2. The molecule has 2 aromatic rings. The molecule has 0 saturated carbocycles. The lowest BCUT2D eigenvalue weighted by molar-refractivity contribution is -0.133. The molecule has 2 amide bonds. The summed E-state index contributed by atoms with van der Waals surface area (Å²) in [7, 11) is 1.62. The first-order valence-corrected chi connectivity index (χ1v) is 12.7. The fourth-order valence-corrected chi connectivity index (χ4v) is 4.69. The Balaban J connectivity index is 1.70. The van der Waals surface area contributed by atoms with Gasteiger partial charge in [0.15, 0.2) is 0 Å². The number of ether oxygens (including phenoxy) is 2. The van der Waals surface area contributed by atoms with Gasteiger partial charge in [0.2, 0.25) is 5.91 Å². The van der Waals surface area contributed by atoms with E-state index in [4.69, 9.17) is 32.7 Å². The van der Waals surface area contributed by atoms with E-state index < -0.39 is 5.60 Å². The molecule has 0 unspecified atom stereocenters. The average Bonchev–Trinajstić information content (AvgIpc) is 2.80. The predicted molar refractivity (Wildman–Crippen MR) is 139 cm³/mol. The second-order valence-corrected chi connectivity index (χ2v) is 10.6. The molecule has 0 atom stereocenters. The number of piperidine rings is 1. The number of likely N-dealkylation sites (tertiary alicyclic amines) is 1. The third-order valence-corrected chi connectivity index (χ3v) is 6.62. The maximum absolute atomic E-state index is 13.5. The van der Waals surface area contributed by atoms with Crippen LogP contribution in [-0.4, -0.2) is 60.2 Å². The van der Waals surface area contributed by atoms with Gasteiger partial charge in [-0.15, -0.1) is 0 Å². The Morgan fingerprint density at radius 1 is 1.06 bits per heavy atom. The topological polar surface area (TPSA) is 59.1 Å². The Morgan fingerprint density at radius 2 is 1.71 bits per heavy atom. The van der Waals surface area contributed by atoms with E-state index in [2.05, 4.69) is 0 Å². The molecule has 35 heavy (non-hydrogen) atoms. The molecule has 1 aliphatic rings. The second kappa shape index (κ2) is 12.0. The van der Waals surface area contributed by atoms with Crippen LogP contribution in [0, 0.1) is 0 Å². The molecule has 1 saturated heterocycles. The molecule has 1 fully saturated rings. The van der Waals surface area contributed by atoms with Gasteiger partial charge in [-0.3, -0.25) is 4.79 Å². The molecule has 190 valence electrons. The molecule has 8 heteroatoms. The molecule has 3 rings (SSSR count). The molecule has 0 bridgehead atoms. The average molecular weight is 521 g/mol. The van der Waals surface area contributed by atoms with E-state index in [-0.39, 0.29) is 18.0 Å². The number of benzene rings is 2. The molecule has 0 radical (unpaired) electrons. The predicted octanol–water partition coefficient (Wildman–Crippen LogP) is 6.02. The van der Waals surface area contributed by atoms with Gasteiger partial charge in [-0.25, -0.2) is 4.79 Å².